The highest BCUT2D eigenvalue weighted by Gasteiger charge is 2.15. The average molecular weight is 325 g/mol. The summed E-state index contributed by atoms with van der Waals surface area (Å²) < 4.78 is 0. The van der Waals surface area contributed by atoms with E-state index in [0.29, 0.717) is 0 Å². The third kappa shape index (κ3) is 4.73. The van der Waals surface area contributed by atoms with E-state index in [2.05, 4.69) is 5.32 Å². The number of hydrogen-bond acceptors (Lipinski definition) is 6. The van der Waals surface area contributed by atoms with Gasteiger partial charge in [0.1, 0.15) is 16.7 Å². The molecule has 0 heterocycles. The number of nitro groups is 1. The van der Waals surface area contributed by atoms with Gasteiger partial charge in [0.25, 0.3) is 11.6 Å². The molecule has 0 saturated heterocycles. The molecule has 0 aromatic heterocycles. The van der Waals surface area contributed by atoms with Crippen molar-refractivity contribution in [2.24, 2.45) is 0 Å². The first kappa shape index (κ1) is 17.4. The third-order valence-electron chi connectivity index (χ3n) is 2.57. The number of nitro benzene ring substituents is 1. The lowest BCUT2D eigenvalue weighted by atomic mass is 10.2. The number of halogens is 1. The summed E-state index contributed by atoms with van der Waals surface area (Å²) in [5.74, 6) is -0.719. The van der Waals surface area contributed by atoms with Crippen molar-refractivity contribution < 1.29 is 14.8 Å². The molecule has 0 bridgehead atoms. The molecule has 0 saturated carbocycles. The Morgan fingerprint density at radius 1 is 1.64 bits per heavy atom. The Bertz CT molecular complexity index is 654. The molecule has 0 aliphatic carbocycles. The van der Waals surface area contributed by atoms with Crippen LogP contribution in [0.2, 0.25) is 5.02 Å². The van der Waals surface area contributed by atoms with E-state index < -0.39 is 10.8 Å². The van der Waals surface area contributed by atoms with Crippen LogP contribution in [0, 0.1) is 21.4 Å². The number of hydrogen-bond donors (Lipinski definition) is 2. The SMILES string of the molecule is CN(/C=C(/C#N)C(=O)Nc1ccc(Cl)c([N+](=O)[O-])c1)CCO. The van der Waals surface area contributed by atoms with Crippen LogP contribution in [0.5, 0.6) is 0 Å². The van der Waals surface area contributed by atoms with Crippen LogP contribution >= 0.6 is 11.6 Å². The van der Waals surface area contributed by atoms with Crippen LogP contribution in [-0.4, -0.2) is 41.0 Å². The lowest BCUT2D eigenvalue weighted by Crippen LogP contribution is -2.20. The Hall–Kier alpha value is -2.63. The number of benzene rings is 1. The highest BCUT2D eigenvalue weighted by Crippen LogP contribution is 2.27. The number of nitrogens with zero attached hydrogens (tertiary/aromatic N) is 3. The first-order chi connectivity index (χ1) is 10.4. The lowest BCUT2D eigenvalue weighted by molar-refractivity contribution is -0.384. The minimum absolute atomic E-state index is 0.0540. The predicted octanol–water partition coefficient (Wildman–Crippen LogP) is 1.52. The van der Waals surface area contributed by atoms with Crippen LogP contribution in [0.1, 0.15) is 0 Å². The Morgan fingerprint density at radius 2 is 2.32 bits per heavy atom. The zero-order valence-electron chi connectivity index (χ0n) is 11.6. The number of anilines is 1. The van der Waals surface area contributed by atoms with Gasteiger partial charge in [-0.2, -0.15) is 5.26 Å². The summed E-state index contributed by atoms with van der Waals surface area (Å²) in [7, 11) is 1.59. The molecule has 0 aliphatic heterocycles. The number of rotatable bonds is 6. The molecule has 22 heavy (non-hydrogen) atoms. The van der Waals surface area contributed by atoms with E-state index in [0.717, 1.165) is 6.07 Å². The molecule has 116 valence electrons. The third-order valence-corrected chi connectivity index (χ3v) is 2.89. The molecular weight excluding hydrogens is 312 g/mol. The minimum Gasteiger partial charge on any atom is -0.395 e. The molecule has 0 spiro atoms. The Balaban J connectivity index is 2.94. The van der Waals surface area contributed by atoms with Gasteiger partial charge in [-0.1, -0.05) is 11.6 Å². The standard InChI is InChI=1S/C13H13ClN4O4/c1-17(4-5-19)8-9(7-15)13(20)16-10-2-3-11(14)12(6-10)18(21)22/h2-3,6,8,19H,4-5H2,1H3,(H,16,20)/b9-8-. The number of carbonyl (C=O) groups excluding carboxylic acids is 1. The van der Waals surface area contributed by atoms with Crippen molar-refractivity contribution in [3.05, 3.63) is 45.1 Å². The maximum Gasteiger partial charge on any atom is 0.289 e. The van der Waals surface area contributed by atoms with Gasteiger partial charge in [0.2, 0.25) is 0 Å². The highest BCUT2D eigenvalue weighted by atomic mass is 35.5. The molecule has 9 heteroatoms. The largest absolute Gasteiger partial charge is 0.395 e. The number of aliphatic hydroxyl groups is 1. The zero-order valence-corrected chi connectivity index (χ0v) is 12.4. The fourth-order valence-corrected chi connectivity index (χ4v) is 1.70. The first-order valence-corrected chi connectivity index (χ1v) is 6.45. The number of carbonyl (C=O) groups is 1. The summed E-state index contributed by atoms with van der Waals surface area (Å²) in [6, 6.07) is 5.50. The van der Waals surface area contributed by atoms with Crippen molar-refractivity contribution in [3.63, 3.8) is 0 Å². The number of aliphatic hydroxyl groups excluding tert-OH is 1. The molecule has 1 amide bonds. The van der Waals surface area contributed by atoms with Crippen LogP contribution < -0.4 is 5.32 Å². The Kier molecular flexibility index (Phi) is 6.31. The van der Waals surface area contributed by atoms with Crippen molar-refractivity contribution in [1.82, 2.24) is 4.90 Å². The topological polar surface area (TPSA) is 120 Å². The van der Waals surface area contributed by atoms with Crippen LogP contribution in [-0.2, 0) is 4.79 Å². The van der Waals surface area contributed by atoms with E-state index >= 15 is 0 Å². The van der Waals surface area contributed by atoms with E-state index in [1.54, 1.807) is 13.1 Å². The van der Waals surface area contributed by atoms with Crippen molar-refractivity contribution in [1.29, 1.82) is 5.26 Å². The van der Waals surface area contributed by atoms with Gasteiger partial charge < -0.3 is 15.3 Å². The van der Waals surface area contributed by atoms with Crippen LogP contribution in [0.15, 0.2) is 30.0 Å². The normalized spacial score (nSPS) is 10.7. The second kappa shape index (κ2) is 7.97. The van der Waals surface area contributed by atoms with Gasteiger partial charge in [-0.15, -0.1) is 0 Å². The Labute approximate surface area is 131 Å². The average Bonchev–Trinajstić information content (AvgIpc) is 2.46. The van der Waals surface area contributed by atoms with Crippen molar-refractivity contribution in [2.75, 3.05) is 25.5 Å². The van der Waals surface area contributed by atoms with Gasteiger partial charge >= 0.3 is 0 Å². The second-order valence-electron chi connectivity index (χ2n) is 4.24. The van der Waals surface area contributed by atoms with E-state index in [9.17, 15) is 14.9 Å². The highest BCUT2D eigenvalue weighted by molar-refractivity contribution is 6.32. The molecule has 1 aromatic carbocycles. The molecule has 1 rings (SSSR count). The van der Waals surface area contributed by atoms with Gasteiger partial charge in [-0.25, -0.2) is 0 Å². The quantitative estimate of drug-likeness (QED) is 0.354. The number of likely N-dealkylation sites (N-methyl/N-ethyl adjacent to an activating group) is 1. The molecular formula is C13H13ClN4O4. The van der Waals surface area contributed by atoms with E-state index in [1.807, 2.05) is 0 Å². The molecule has 0 radical (unpaired) electrons. The summed E-state index contributed by atoms with van der Waals surface area (Å²) in [5, 5.41) is 30.9. The van der Waals surface area contributed by atoms with Crippen LogP contribution in [0.25, 0.3) is 0 Å². The summed E-state index contributed by atoms with van der Waals surface area (Å²) >= 11 is 5.67. The summed E-state index contributed by atoms with van der Waals surface area (Å²) in [5.41, 5.74) is -0.403. The summed E-state index contributed by atoms with van der Waals surface area (Å²) in [6.07, 6.45) is 1.27. The summed E-state index contributed by atoms with van der Waals surface area (Å²) in [6.45, 7) is 0.127. The zero-order chi connectivity index (χ0) is 16.7. The van der Waals surface area contributed by atoms with Gasteiger partial charge in [0.15, 0.2) is 0 Å². The van der Waals surface area contributed by atoms with Gasteiger partial charge in [-0.3, -0.25) is 14.9 Å². The molecule has 8 nitrogen and oxygen atoms in total. The van der Waals surface area contributed by atoms with E-state index in [-0.39, 0.29) is 35.1 Å². The minimum atomic E-state index is -0.719. The van der Waals surface area contributed by atoms with Crippen molar-refractivity contribution in [3.8, 4) is 6.07 Å². The number of nitrogens with one attached hydrogen (secondary N) is 1. The fraction of sp³-hybridized carbons (Fsp3) is 0.231. The maximum atomic E-state index is 12.0. The van der Waals surface area contributed by atoms with Gasteiger partial charge in [-0.05, 0) is 12.1 Å². The maximum absolute atomic E-state index is 12.0. The number of nitriles is 1. The number of amides is 1. The molecule has 0 aliphatic rings. The monoisotopic (exact) mass is 324 g/mol. The van der Waals surface area contributed by atoms with E-state index in [4.69, 9.17) is 22.0 Å². The molecule has 0 unspecified atom stereocenters. The van der Waals surface area contributed by atoms with E-state index in [1.165, 1.54) is 23.2 Å². The van der Waals surface area contributed by atoms with Gasteiger partial charge in [0, 0.05) is 31.5 Å². The van der Waals surface area contributed by atoms with Crippen molar-refractivity contribution in [2.45, 2.75) is 0 Å². The van der Waals surface area contributed by atoms with Crippen LogP contribution in [0.4, 0.5) is 11.4 Å². The smallest absolute Gasteiger partial charge is 0.289 e. The Morgan fingerprint density at radius 3 is 2.86 bits per heavy atom. The molecule has 0 fully saturated rings. The molecule has 2 N–H and O–H groups in total. The molecule has 0 atom stereocenters. The van der Waals surface area contributed by atoms with Gasteiger partial charge in [0.05, 0.1) is 11.5 Å². The second-order valence-corrected chi connectivity index (χ2v) is 4.64. The fourth-order valence-electron chi connectivity index (χ4n) is 1.51. The van der Waals surface area contributed by atoms with Crippen molar-refractivity contribution >= 4 is 28.9 Å². The van der Waals surface area contributed by atoms with Crippen LogP contribution in [0.3, 0.4) is 0 Å². The lowest BCUT2D eigenvalue weighted by Gasteiger charge is -2.12. The summed E-state index contributed by atoms with van der Waals surface area (Å²) in [4.78, 5) is 23.5. The first-order valence-electron chi connectivity index (χ1n) is 6.07. The predicted molar refractivity (Wildman–Crippen MR) is 80.1 cm³/mol. The molecule has 1 aromatic rings.